The lowest BCUT2D eigenvalue weighted by atomic mass is 10.2. The fraction of sp³-hybridized carbons (Fsp3) is 0. The smallest absolute Gasteiger partial charge is 0.278 e. The molecule has 3 aromatic carbocycles. The number of rotatable bonds is 6. The zero-order valence-corrected chi connectivity index (χ0v) is 14.9. The number of anilines is 1. The van der Waals surface area contributed by atoms with E-state index in [1.54, 1.807) is 42.5 Å². The SMILES string of the molecule is O=C(Nc1ccccc1N=Cc1ccccc1[N+](=O)[O-])c1ccc([N+](=O)[O-])cc1. The molecule has 0 aliphatic heterocycles. The van der Waals surface area contributed by atoms with Crippen molar-refractivity contribution in [2.24, 2.45) is 4.99 Å². The van der Waals surface area contributed by atoms with Crippen molar-refractivity contribution >= 4 is 34.9 Å². The lowest BCUT2D eigenvalue weighted by molar-refractivity contribution is -0.385. The molecule has 29 heavy (non-hydrogen) atoms. The maximum absolute atomic E-state index is 12.4. The van der Waals surface area contributed by atoms with E-state index in [0.717, 1.165) is 0 Å². The highest BCUT2D eigenvalue weighted by atomic mass is 16.6. The molecular formula is C20H14N4O5. The molecule has 0 aliphatic rings. The van der Waals surface area contributed by atoms with Gasteiger partial charge in [-0.25, -0.2) is 0 Å². The number of nitro benzene ring substituents is 2. The number of carbonyl (C=O) groups excluding carboxylic acids is 1. The molecule has 0 radical (unpaired) electrons. The van der Waals surface area contributed by atoms with Crippen LogP contribution in [0.5, 0.6) is 0 Å². The minimum atomic E-state index is -0.547. The number of hydrogen-bond acceptors (Lipinski definition) is 6. The molecular weight excluding hydrogens is 376 g/mol. The normalized spacial score (nSPS) is 10.6. The molecule has 0 fully saturated rings. The number of benzene rings is 3. The molecule has 144 valence electrons. The predicted octanol–water partition coefficient (Wildman–Crippen LogP) is 4.51. The molecule has 3 rings (SSSR count). The first-order valence-corrected chi connectivity index (χ1v) is 8.38. The van der Waals surface area contributed by atoms with Gasteiger partial charge in [0.05, 0.1) is 26.8 Å². The highest BCUT2D eigenvalue weighted by Crippen LogP contribution is 2.26. The molecule has 9 nitrogen and oxygen atoms in total. The van der Waals surface area contributed by atoms with Crippen LogP contribution in [0.3, 0.4) is 0 Å². The van der Waals surface area contributed by atoms with E-state index in [1.165, 1.54) is 36.5 Å². The molecule has 0 unspecified atom stereocenters. The lowest BCUT2D eigenvalue weighted by Gasteiger charge is -2.08. The quantitative estimate of drug-likeness (QED) is 0.376. The van der Waals surface area contributed by atoms with Gasteiger partial charge in [-0.15, -0.1) is 0 Å². The first-order valence-electron chi connectivity index (χ1n) is 8.38. The number of nitrogens with zero attached hydrogens (tertiary/aromatic N) is 3. The average molecular weight is 390 g/mol. The van der Waals surface area contributed by atoms with Gasteiger partial charge in [0, 0.05) is 30.0 Å². The summed E-state index contributed by atoms with van der Waals surface area (Å²) in [5, 5.41) is 24.5. The zero-order valence-electron chi connectivity index (χ0n) is 14.9. The molecule has 0 atom stereocenters. The van der Waals surface area contributed by atoms with Gasteiger partial charge in [-0.05, 0) is 30.3 Å². The molecule has 0 aromatic heterocycles. The molecule has 0 saturated carbocycles. The van der Waals surface area contributed by atoms with Crippen molar-refractivity contribution in [2.45, 2.75) is 0 Å². The highest BCUT2D eigenvalue weighted by Gasteiger charge is 2.12. The summed E-state index contributed by atoms with van der Waals surface area (Å²) in [4.78, 5) is 37.5. The molecule has 1 N–H and O–H groups in total. The van der Waals surface area contributed by atoms with E-state index in [0.29, 0.717) is 16.9 Å². The van der Waals surface area contributed by atoms with Crippen molar-refractivity contribution in [1.29, 1.82) is 0 Å². The fourth-order valence-electron chi connectivity index (χ4n) is 2.52. The van der Waals surface area contributed by atoms with Crippen LogP contribution >= 0.6 is 0 Å². The van der Waals surface area contributed by atoms with E-state index in [9.17, 15) is 25.0 Å². The molecule has 0 heterocycles. The van der Waals surface area contributed by atoms with Crippen LogP contribution in [0.15, 0.2) is 77.8 Å². The second-order valence-corrected chi connectivity index (χ2v) is 5.85. The Morgan fingerprint density at radius 1 is 0.862 bits per heavy atom. The van der Waals surface area contributed by atoms with Gasteiger partial charge in [-0.2, -0.15) is 0 Å². The Hall–Kier alpha value is -4.40. The molecule has 3 aromatic rings. The van der Waals surface area contributed by atoms with E-state index >= 15 is 0 Å². The Labute approximate surface area is 164 Å². The van der Waals surface area contributed by atoms with Gasteiger partial charge in [0.25, 0.3) is 17.3 Å². The third-order valence-electron chi connectivity index (χ3n) is 3.97. The molecule has 1 amide bonds. The number of nitro groups is 2. The van der Waals surface area contributed by atoms with E-state index in [1.807, 2.05) is 0 Å². The van der Waals surface area contributed by atoms with Gasteiger partial charge in [0.15, 0.2) is 0 Å². The van der Waals surface area contributed by atoms with Crippen LogP contribution in [0.1, 0.15) is 15.9 Å². The monoisotopic (exact) mass is 390 g/mol. The third-order valence-corrected chi connectivity index (χ3v) is 3.97. The van der Waals surface area contributed by atoms with Gasteiger partial charge >= 0.3 is 0 Å². The van der Waals surface area contributed by atoms with Gasteiger partial charge in [-0.1, -0.05) is 24.3 Å². The molecule has 0 aliphatic carbocycles. The van der Waals surface area contributed by atoms with Crippen molar-refractivity contribution < 1.29 is 14.6 Å². The number of hydrogen-bond donors (Lipinski definition) is 1. The maximum Gasteiger partial charge on any atom is 0.278 e. The Balaban J connectivity index is 1.83. The number of non-ortho nitro benzene ring substituents is 1. The summed E-state index contributed by atoms with van der Waals surface area (Å²) in [5.41, 5.74) is 1.17. The van der Waals surface area contributed by atoms with Crippen LogP contribution in [0.4, 0.5) is 22.7 Å². The Kier molecular flexibility index (Phi) is 5.69. The largest absolute Gasteiger partial charge is 0.320 e. The summed E-state index contributed by atoms with van der Waals surface area (Å²) in [5.74, 6) is -0.465. The van der Waals surface area contributed by atoms with Crippen LogP contribution < -0.4 is 5.32 Å². The van der Waals surface area contributed by atoms with Crippen LogP contribution in [-0.4, -0.2) is 22.0 Å². The Bertz CT molecular complexity index is 1110. The van der Waals surface area contributed by atoms with Crippen LogP contribution in [-0.2, 0) is 0 Å². The van der Waals surface area contributed by atoms with Crippen molar-refractivity contribution in [3.05, 3.63) is 104 Å². The van der Waals surface area contributed by atoms with Crippen molar-refractivity contribution in [2.75, 3.05) is 5.32 Å². The highest BCUT2D eigenvalue weighted by molar-refractivity contribution is 6.06. The predicted molar refractivity (Wildman–Crippen MR) is 108 cm³/mol. The minimum absolute atomic E-state index is 0.0800. The van der Waals surface area contributed by atoms with Crippen molar-refractivity contribution in [3.63, 3.8) is 0 Å². The summed E-state index contributed by atoms with van der Waals surface area (Å²) in [6.45, 7) is 0. The number of para-hydroxylation sites is 3. The van der Waals surface area contributed by atoms with Gasteiger partial charge in [-0.3, -0.25) is 30.0 Å². The number of nitrogens with one attached hydrogen (secondary N) is 1. The van der Waals surface area contributed by atoms with Crippen LogP contribution in [0.2, 0.25) is 0 Å². The summed E-state index contributed by atoms with van der Waals surface area (Å²) in [6, 6.07) is 18.1. The Morgan fingerprint density at radius 3 is 2.21 bits per heavy atom. The lowest BCUT2D eigenvalue weighted by Crippen LogP contribution is -2.11. The van der Waals surface area contributed by atoms with Gasteiger partial charge in [0.2, 0.25) is 0 Å². The van der Waals surface area contributed by atoms with Gasteiger partial charge < -0.3 is 5.32 Å². The van der Waals surface area contributed by atoms with E-state index in [2.05, 4.69) is 10.3 Å². The Morgan fingerprint density at radius 2 is 1.52 bits per heavy atom. The second kappa shape index (κ2) is 8.53. The summed E-state index contributed by atoms with van der Waals surface area (Å²) in [7, 11) is 0. The molecule has 9 heteroatoms. The zero-order chi connectivity index (χ0) is 20.8. The molecule has 0 spiro atoms. The minimum Gasteiger partial charge on any atom is -0.320 e. The first-order chi connectivity index (χ1) is 14.0. The van der Waals surface area contributed by atoms with E-state index < -0.39 is 15.8 Å². The molecule has 0 bridgehead atoms. The van der Waals surface area contributed by atoms with Gasteiger partial charge in [0.1, 0.15) is 0 Å². The number of carbonyl (C=O) groups is 1. The summed E-state index contributed by atoms with van der Waals surface area (Å²) in [6.07, 6.45) is 1.36. The molecule has 0 saturated heterocycles. The van der Waals surface area contributed by atoms with E-state index in [-0.39, 0.29) is 16.9 Å². The average Bonchev–Trinajstić information content (AvgIpc) is 2.73. The van der Waals surface area contributed by atoms with E-state index in [4.69, 9.17) is 0 Å². The standard InChI is InChI=1S/C20H14N4O5/c25-20(14-9-11-16(12-10-14)23(26)27)22-18-7-3-2-6-17(18)21-13-15-5-1-4-8-19(15)24(28)29/h1-13H,(H,22,25). The topological polar surface area (TPSA) is 128 Å². The summed E-state index contributed by atoms with van der Waals surface area (Å²) < 4.78 is 0. The van der Waals surface area contributed by atoms with Crippen molar-refractivity contribution in [1.82, 2.24) is 0 Å². The first kappa shape index (κ1) is 19.4. The number of amides is 1. The number of aliphatic imine (C=N–C) groups is 1. The maximum atomic E-state index is 12.4. The third kappa shape index (κ3) is 4.66. The van der Waals surface area contributed by atoms with Crippen molar-refractivity contribution in [3.8, 4) is 0 Å². The fourth-order valence-corrected chi connectivity index (χ4v) is 2.52. The van der Waals surface area contributed by atoms with Crippen LogP contribution in [0, 0.1) is 20.2 Å². The summed E-state index contributed by atoms with van der Waals surface area (Å²) >= 11 is 0. The second-order valence-electron chi connectivity index (χ2n) is 5.85. The van der Waals surface area contributed by atoms with Crippen LogP contribution in [0.25, 0.3) is 0 Å².